The van der Waals surface area contributed by atoms with Crippen molar-refractivity contribution in [1.82, 2.24) is 0 Å². The first kappa shape index (κ1) is 8.90. The van der Waals surface area contributed by atoms with Crippen molar-refractivity contribution in [2.75, 3.05) is 0 Å². The van der Waals surface area contributed by atoms with Gasteiger partial charge in [-0.25, -0.2) is 9.90 Å². The molecule has 0 aromatic heterocycles. The third-order valence-corrected chi connectivity index (χ3v) is 0.972. The van der Waals surface area contributed by atoms with Crippen LogP contribution >= 0.6 is 0 Å². The molecule has 57 valence electrons. The maximum atomic E-state index is 9.88. The Balaban J connectivity index is 3.49. The van der Waals surface area contributed by atoms with Gasteiger partial charge in [-0.05, 0) is 6.42 Å². The van der Waals surface area contributed by atoms with Gasteiger partial charge in [-0.15, -0.1) is 0 Å². The Morgan fingerprint density at radius 2 is 2.00 bits per heavy atom. The lowest BCUT2D eigenvalue weighted by atomic mass is 10.2. The maximum Gasteiger partial charge on any atom is 0.372 e. The second-order valence-corrected chi connectivity index (χ2v) is 1.86. The zero-order valence-corrected chi connectivity index (χ0v) is 5.24. The molecule has 1 radical (unpaired) electrons. The van der Waals surface area contributed by atoms with Crippen LogP contribution < -0.4 is 5.73 Å². The summed E-state index contributed by atoms with van der Waals surface area (Å²) in [7, 11) is 0. The molecule has 5 nitrogen and oxygen atoms in total. The number of hydrogen-bond acceptors (Lipinski definition) is 3. The highest BCUT2D eigenvalue weighted by atomic mass is 16.4. The van der Waals surface area contributed by atoms with E-state index in [9.17, 15) is 14.7 Å². The standard InChI is InChI=1S/C5H8NO4/c6-3(5(9)10)1-2-4(7)8/h3H,1-2,6H2,(H,7,8). The van der Waals surface area contributed by atoms with Gasteiger partial charge in [0.25, 0.3) is 0 Å². The van der Waals surface area contributed by atoms with Crippen LogP contribution in [0.5, 0.6) is 0 Å². The number of aliphatic carboxylic acids is 1. The van der Waals surface area contributed by atoms with E-state index in [4.69, 9.17) is 10.8 Å². The van der Waals surface area contributed by atoms with Crippen molar-refractivity contribution < 1.29 is 19.8 Å². The minimum atomic E-state index is -1.42. The van der Waals surface area contributed by atoms with Crippen LogP contribution in [0.1, 0.15) is 12.8 Å². The molecule has 1 unspecified atom stereocenters. The highest BCUT2D eigenvalue weighted by Crippen LogP contribution is 1.93. The average Bonchev–Trinajstić information content (AvgIpc) is 1.82. The van der Waals surface area contributed by atoms with Crippen LogP contribution in [0.2, 0.25) is 0 Å². The second-order valence-electron chi connectivity index (χ2n) is 1.86. The van der Waals surface area contributed by atoms with Gasteiger partial charge in [-0.1, -0.05) is 0 Å². The lowest BCUT2D eigenvalue weighted by Crippen LogP contribution is -2.29. The van der Waals surface area contributed by atoms with E-state index in [0.29, 0.717) is 0 Å². The van der Waals surface area contributed by atoms with Crippen LogP contribution in [0.25, 0.3) is 0 Å². The van der Waals surface area contributed by atoms with Gasteiger partial charge < -0.3 is 10.8 Å². The molecule has 0 aliphatic heterocycles. The third-order valence-electron chi connectivity index (χ3n) is 0.972. The fraction of sp³-hybridized carbons (Fsp3) is 0.600. The summed E-state index contributed by atoms with van der Waals surface area (Å²) in [5.41, 5.74) is 4.94. The Hall–Kier alpha value is -1.10. The smallest absolute Gasteiger partial charge is 0.372 e. The summed E-state index contributed by atoms with van der Waals surface area (Å²) in [5.74, 6) is -2.47. The Labute approximate surface area is 57.5 Å². The average molecular weight is 146 g/mol. The molecule has 0 fully saturated rings. The molecule has 0 aromatic carbocycles. The van der Waals surface area contributed by atoms with Gasteiger partial charge in [-0.3, -0.25) is 4.79 Å². The fourth-order valence-corrected chi connectivity index (χ4v) is 0.397. The summed E-state index contributed by atoms with van der Waals surface area (Å²) >= 11 is 0. The fourth-order valence-electron chi connectivity index (χ4n) is 0.397. The zero-order valence-electron chi connectivity index (χ0n) is 5.24. The molecule has 0 spiro atoms. The first-order valence-electron chi connectivity index (χ1n) is 2.72. The summed E-state index contributed by atoms with van der Waals surface area (Å²) < 4.78 is 0. The van der Waals surface area contributed by atoms with Crippen molar-refractivity contribution in [3.63, 3.8) is 0 Å². The van der Waals surface area contributed by atoms with Gasteiger partial charge in [0.1, 0.15) is 6.04 Å². The molecule has 0 rings (SSSR count). The van der Waals surface area contributed by atoms with Gasteiger partial charge in [0.05, 0.1) is 0 Å². The van der Waals surface area contributed by atoms with Crippen LogP contribution in [-0.2, 0) is 14.7 Å². The molecule has 3 N–H and O–H groups in total. The molecule has 0 heterocycles. The molecule has 1 atom stereocenters. The van der Waals surface area contributed by atoms with Crippen LogP contribution in [0, 0.1) is 0 Å². The molecule has 0 aliphatic rings. The lowest BCUT2D eigenvalue weighted by molar-refractivity contribution is -0.145. The summed E-state index contributed by atoms with van der Waals surface area (Å²) in [4.78, 5) is 19.7. The summed E-state index contributed by atoms with van der Waals surface area (Å²) in [6.07, 6.45) is -0.327. The van der Waals surface area contributed by atoms with E-state index in [-0.39, 0.29) is 12.8 Å². The van der Waals surface area contributed by atoms with Crippen molar-refractivity contribution in [3.05, 3.63) is 0 Å². The molecular weight excluding hydrogens is 138 g/mol. The SMILES string of the molecule is NC(CCC(=O)O)C([O])=O. The van der Waals surface area contributed by atoms with Gasteiger partial charge >= 0.3 is 11.9 Å². The number of carboxylic acids is 1. The van der Waals surface area contributed by atoms with Crippen LogP contribution in [0.15, 0.2) is 0 Å². The molecule has 5 heteroatoms. The normalized spacial score (nSPS) is 12.5. The van der Waals surface area contributed by atoms with Gasteiger partial charge in [0, 0.05) is 6.42 Å². The molecule has 0 aliphatic carbocycles. The Kier molecular flexibility index (Phi) is 3.42. The monoisotopic (exact) mass is 146 g/mol. The number of carboxylic acid groups (broad SMARTS) is 1. The molecule has 0 saturated carbocycles. The first-order chi connectivity index (χ1) is 4.54. The quantitative estimate of drug-likeness (QED) is 0.538. The predicted molar refractivity (Wildman–Crippen MR) is 30.5 cm³/mol. The van der Waals surface area contributed by atoms with E-state index in [1.165, 1.54) is 0 Å². The Morgan fingerprint density at radius 3 is 2.30 bits per heavy atom. The number of rotatable bonds is 4. The summed E-state index contributed by atoms with van der Waals surface area (Å²) in [6, 6.07) is -1.17. The van der Waals surface area contributed by atoms with Crippen molar-refractivity contribution >= 4 is 11.9 Å². The van der Waals surface area contributed by atoms with E-state index < -0.39 is 18.0 Å². The number of carbonyl (C=O) groups is 2. The third kappa shape index (κ3) is 3.85. The van der Waals surface area contributed by atoms with Crippen molar-refractivity contribution in [1.29, 1.82) is 0 Å². The molecule has 10 heavy (non-hydrogen) atoms. The highest BCUT2D eigenvalue weighted by Gasteiger charge is 2.14. The second kappa shape index (κ2) is 3.84. The zero-order chi connectivity index (χ0) is 8.15. The number of carbonyl (C=O) groups excluding carboxylic acids is 1. The van der Waals surface area contributed by atoms with Gasteiger partial charge in [-0.2, -0.15) is 0 Å². The summed E-state index contributed by atoms with van der Waals surface area (Å²) in [5, 5.41) is 18.0. The molecule has 0 amide bonds. The first-order valence-corrected chi connectivity index (χ1v) is 2.72. The molecule has 0 saturated heterocycles. The lowest BCUT2D eigenvalue weighted by Gasteiger charge is -1.99. The van der Waals surface area contributed by atoms with E-state index in [1.54, 1.807) is 0 Å². The minimum absolute atomic E-state index is 0.0856. The van der Waals surface area contributed by atoms with Crippen LogP contribution in [-0.4, -0.2) is 23.1 Å². The van der Waals surface area contributed by atoms with E-state index in [0.717, 1.165) is 0 Å². The molecule has 0 bridgehead atoms. The topological polar surface area (TPSA) is 100 Å². The number of nitrogens with two attached hydrogens (primary N) is 1. The van der Waals surface area contributed by atoms with E-state index >= 15 is 0 Å². The number of hydrogen-bond donors (Lipinski definition) is 2. The maximum absolute atomic E-state index is 9.88. The Bertz CT molecular complexity index is 145. The van der Waals surface area contributed by atoms with E-state index in [2.05, 4.69) is 0 Å². The van der Waals surface area contributed by atoms with Crippen molar-refractivity contribution in [2.24, 2.45) is 5.73 Å². The highest BCUT2D eigenvalue weighted by molar-refractivity contribution is 5.74. The van der Waals surface area contributed by atoms with E-state index in [1.807, 2.05) is 0 Å². The van der Waals surface area contributed by atoms with Crippen molar-refractivity contribution in [2.45, 2.75) is 18.9 Å². The summed E-state index contributed by atoms with van der Waals surface area (Å²) in [6.45, 7) is 0. The van der Waals surface area contributed by atoms with Gasteiger partial charge in [0.2, 0.25) is 0 Å². The van der Waals surface area contributed by atoms with Gasteiger partial charge in [0.15, 0.2) is 0 Å². The minimum Gasteiger partial charge on any atom is -0.481 e. The molecule has 0 aromatic rings. The van der Waals surface area contributed by atoms with Crippen LogP contribution in [0.4, 0.5) is 0 Å². The molecular formula is C5H8NO4. The van der Waals surface area contributed by atoms with Crippen LogP contribution in [0.3, 0.4) is 0 Å². The van der Waals surface area contributed by atoms with Crippen molar-refractivity contribution in [3.8, 4) is 0 Å². The largest absolute Gasteiger partial charge is 0.481 e. The Morgan fingerprint density at radius 1 is 1.50 bits per heavy atom. The predicted octanol–water partition coefficient (Wildman–Crippen LogP) is -0.864.